The van der Waals surface area contributed by atoms with Gasteiger partial charge in [0, 0.05) is 12.4 Å². The molecular formula is C13H12N8. The zero-order chi connectivity index (χ0) is 14.2. The quantitative estimate of drug-likeness (QED) is 0.520. The third-order valence-electron chi connectivity index (χ3n) is 3.15. The van der Waals surface area contributed by atoms with Crippen LogP contribution in [0, 0.1) is 0 Å². The first kappa shape index (κ1) is 11.6. The molecular weight excluding hydrogens is 268 g/mol. The highest BCUT2D eigenvalue weighted by molar-refractivity contribution is 5.83. The zero-order valence-electron chi connectivity index (χ0n) is 11.0. The molecule has 0 spiro atoms. The van der Waals surface area contributed by atoms with Crippen molar-refractivity contribution in [2.75, 3.05) is 11.1 Å². The number of rotatable bonds is 3. The number of aromatic nitrogens is 6. The summed E-state index contributed by atoms with van der Waals surface area (Å²) in [7, 11) is 0. The van der Waals surface area contributed by atoms with E-state index < -0.39 is 0 Å². The van der Waals surface area contributed by atoms with Crippen LogP contribution in [-0.2, 0) is 6.54 Å². The molecule has 4 aromatic heterocycles. The molecule has 21 heavy (non-hydrogen) atoms. The van der Waals surface area contributed by atoms with Gasteiger partial charge in [-0.1, -0.05) is 6.07 Å². The number of nitrogens with zero attached hydrogens (tertiary/aromatic N) is 5. The molecule has 0 aliphatic rings. The van der Waals surface area contributed by atoms with Gasteiger partial charge in [-0.25, -0.2) is 9.97 Å². The average Bonchev–Trinajstić information content (AvgIpc) is 3.10. The van der Waals surface area contributed by atoms with Gasteiger partial charge in [-0.2, -0.15) is 9.97 Å². The standard InChI is InChI=1S/C13H12N8/c14-13-19-11(10-12(20-13)17-7-16-10)15-5-8-6-21-4-2-1-3-9(21)18-8/h1-4,6-7H,5H2,(H4,14,15,16,17,19,20). The van der Waals surface area contributed by atoms with Crippen molar-refractivity contribution in [2.45, 2.75) is 6.54 Å². The second kappa shape index (κ2) is 4.44. The molecule has 0 aliphatic carbocycles. The van der Waals surface area contributed by atoms with Gasteiger partial charge >= 0.3 is 0 Å². The van der Waals surface area contributed by atoms with E-state index in [0.717, 1.165) is 16.9 Å². The van der Waals surface area contributed by atoms with Gasteiger partial charge < -0.3 is 20.4 Å². The van der Waals surface area contributed by atoms with Gasteiger partial charge in [-0.3, -0.25) is 0 Å². The van der Waals surface area contributed by atoms with Crippen molar-refractivity contribution in [1.29, 1.82) is 0 Å². The summed E-state index contributed by atoms with van der Waals surface area (Å²) in [6.07, 6.45) is 5.49. The minimum atomic E-state index is 0.187. The molecule has 0 radical (unpaired) electrons. The van der Waals surface area contributed by atoms with Crippen LogP contribution in [0.5, 0.6) is 0 Å². The van der Waals surface area contributed by atoms with Gasteiger partial charge in [-0.15, -0.1) is 0 Å². The van der Waals surface area contributed by atoms with Crippen LogP contribution in [0.25, 0.3) is 16.8 Å². The van der Waals surface area contributed by atoms with Crippen LogP contribution in [0.4, 0.5) is 11.8 Å². The number of fused-ring (bicyclic) bond motifs is 2. The number of aromatic amines is 1. The molecule has 0 amide bonds. The molecule has 0 unspecified atom stereocenters. The highest BCUT2D eigenvalue weighted by Gasteiger charge is 2.09. The third-order valence-corrected chi connectivity index (χ3v) is 3.15. The lowest BCUT2D eigenvalue weighted by Gasteiger charge is -2.04. The maximum absolute atomic E-state index is 5.68. The average molecular weight is 280 g/mol. The summed E-state index contributed by atoms with van der Waals surface area (Å²) in [6.45, 7) is 0.534. The van der Waals surface area contributed by atoms with Crippen molar-refractivity contribution in [2.24, 2.45) is 0 Å². The van der Waals surface area contributed by atoms with E-state index in [9.17, 15) is 0 Å². The smallest absolute Gasteiger partial charge is 0.224 e. The van der Waals surface area contributed by atoms with Crippen LogP contribution in [0.3, 0.4) is 0 Å². The van der Waals surface area contributed by atoms with Crippen LogP contribution < -0.4 is 11.1 Å². The number of anilines is 2. The van der Waals surface area contributed by atoms with Crippen molar-refractivity contribution in [3.63, 3.8) is 0 Å². The first-order valence-electron chi connectivity index (χ1n) is 6.43. The van der Waals surface area contributed by atoms with Crippen molar-refractivity contribution in [1.82, 2.24) is 29.3 Å². The summed E-state index contributed by atoms with van der Waals surface area (Å²) in [5.74, 6) is 0.805. The maximum Gasteiger partial charge on any atom is 0.224 e. The molecule has 0 saturated carbocycles. The maximum atomic E-state index is 5.68. The van der Waals surface area contributed by atoms with Gasteiger partial charge in [-0.05, 0) is 12.1 Å². The first-order valence-corrected chi connectivity index (χ1v) is 6.43. The van der Waals surface area contributed by atoms with Gasteiger partial charge in [0.2, 0.25) is 5.95 Å². The zero-order valence-corrected chi connectivity index (χ0v) is 11.0. The number of nitrogen functional groups attached to an aromatic ring is 1. The Hall–Kier alpha value is -3.16. The van der Waals surface area contributed by atoms with E-state index in [4.69, 9.17) is 5.73 Å². The summed E-state index contributed by atoms with van der Waals surface area (Å²) in [5.41, 5.74) is 8.76. The molecule has 0 aromatic carbocycles. The van der Waals surface area contributed by atoms with Crippen LogP contribution in [-0.4, -0.2) is 29.3 Å². The Balaban J connectivity index is 1.64. The van der Waals surface area contributed by atoms with Crippen LogP contribution >= 0.6 is 0 Å². The molecule has 4 N–H and O–H groups in total. The van der Waals surface area contributed by atoms with Crippen molar-refractivity contribution < 1.29 is 0 Å². The molecule has 4 heterocycles. The van der Waals surface area contributed by atoms with Crippen molar-refractivity contribution in [3.8, 4) is 0 Å². The Kier molecular flexibility index (Phi) is 2.46. The number of hydrogen-bond donors (Lipinski definition) is 3. The predicted octanol–water partition coefficient (Wildman–Crippen LogP) is 1.19. The summed E-state index contributed by atoms with van der Waals surface area (Å²) < 4.78 is 1.97. The molecule has 104 valence electrons. The fourth-order valence-electron chi connectivity index (χ4n) is 2.22. The summed E-state index contributed by atoms with van der Waals surface area (Å²) in [5, 5.41) is 3.21. The normalized spacial score (nSPS) is 11.2. The van der Waals surface area contributed by atoms with E-state index in [-0.39, 0.29) is 5.95 Å². The lowest BCUT2D eigenvalue weighted by atomic mass is 10.4. The number of pyridine rings is 1. The summed E-state index contributed by atoms with van der Waals surface area (Å²) in [4.78, 5) is 19.8. The summed E-state index contributed by atoms with van der Waals surface area (Å²) in [6, 6.07) is 5.88. The lowest BCUT2D eigenvalue weighted by molar-refractivity contribution is 1.05. The Morgan fingerprint density at radius 1 is 1.24 bits per heavy atom. The van der Waals surface area contributed by atoms with E-state index >= 15 is 0 Å². The van der Waals surface area contributed by atoms with E-state index in [1.807, 2.05) is 35.0 Å². The molecule has 0 aliphatic heterocycles. The summed E-state index contributed by atoms with van der Waals surface area (Å²) >= 11 is 0. The van der Waals surface area contributed by atoms with Crippen molar-refractivity contribution in [3.05, 3.63) is 42.6 Å². The first-order chi connectivity index (χ1) is 10.3. The minimum absolute atomic E-state index is 0.187. The Labute approximate surface area is 119 Å². The van der Waals surface area contributed by atoms with Gasteiger partial charge in [0.1, 0.15) is 11.2 Å². The molecule has 0 saturated heterocycles. The van der Waals surface area contributed by atoms with Crippen LogP contribution in [0.2, 0.25) is 0 Å². The largest absolute Gasteiger partial charge is 0.368 e. The number of imidazole rings is 2. The Morgan fingerprint density at radius 3 is 3.10 bits per heavy atom. The minimum Gasteiger partial charge on any atom is -0.368 e. The molecule has 8 nitrogen and oxygen atoms in total. The van der Waals surface area contributed by atoms with Crippen LogP contribution in [0.1, 0.15) is 5.69 Å². The fraction of sp³-hybridized carbons (Fsp3) is 0.0769. The monoisotopic (exact) mass is 280 g/mol. The Bertz CT molecular complexity index is 889. The van der Waals surface area contributed by atoms with E-state index in [2.05, 4.69) is 30.2 Å². The van der Waals surface area contributed by atoms with Gasteiger partial charge in [0.15, 0.2) is 11.5 Å². The van der Waals surface area contributed by atoms with Crippen molar-refractivity contribution >= 4 is 28.6 Å². The number of hydrogen-bond acceptors (Lipinski definition) is 6. The number of H-pyrrole nitrogens is 1. The van der Waals surface area contributed by atoms with Gasteiger partial charge in [0.05, 0.1) is 18.6 Å². The SMILES string of the molecule is Nc1nc(NCc2cn3ccccc3n2)c2[nH]cnc2n1. The molecule has 0 bridgehead atoms. The number of nitrogens with one attached hydrogen (secondary N) is 2. The highest BCUT2D eigenvalue weighted by Crippen LogP contribution is 2.18. The second-order valence-electron chi connectivity index (χ2n) is 4.58. The fourth-order valence-corrected chi connectivity index (χ4v) is 2.22. The van der Waals surface area contributed by atoms with E-state index in [1.165, 1.54) is 0 Å². The lowest BCUT2D eigenvalue weighted by Crippen LogP contribution is -2.05. The molecule has 4 aromatic rings. The third kappa shape index (κ3) is 2.02. The van der Waals surface area contributed by atoms with E-state index in [0.29, 0.717) is 18.0 Å². The topological polar surface area (TPSA) is 110 Å². The molecule has 0 atom stereocenters. The highest BCUT2D eigenvalue weighted by atomic mass is 15.1. The molecule has 4 rings (SSSR count). The molecule has 8 heteroatoms. The molecule has 0 fully saturated rings. The van der Waals surface area contributed by atoms with Gasteiger partial charge in [0.25, 0.3) is 0 Å². The Morgan fingerprint density at radius 2 is 2.19 bits per heavy atom. The van der Waals surface area contributed by atoms with E-state index in [1.54, 1.807) is 6.33 Å². The number of nitrogens with two attached hydrogens (primary N) is 1. The second-order valence-corrected chi connectivity index (χ2v) is 4.58. The van der Waals surface area contributed by atoms with Crippen LogP contribution in [0.15, 0.2) is 36.9 Å². The predicted molar refractivity (Wildman–Crippen MR) is 78.6 cm³/mol.